The molecule has 0 fully saturated rings. The van der Waals surface area contributed by atoms with E-state index in [2.05, 4.69) is 6.92 Å². The Morgan fingerprint density at radius 2 is 1.72 bits per heavy atom. The molecule has 2 heterocycles. The van der Waals surface area contributed by atoms with Crippen LogP contribution in [0.25, 0.3) is 23.0 Å². The number of carbonyl (C=O) groups is 2. The molecule has 0 aliphatic carbocycles. The minimum atomic E-state index is -0.519. The van der Waals surface area contributed by atoms with Gasteiger partial charge >= 0.3 is 0 Å². The lowest BCUT2D eigenvalue weighted by atomic mass is 9.93. The molecule has 4 rings (SSSR count). The highest BCUT2D eigenvalue weighted by Crippen LogP contribution is 2.32. The molecule has 0 radical (unpaired) electrons. The molecule has 1 aromatic heterocycles. The smallest absolute Gasteiger partial charge is 0.271 e. The lowest BCUT2D eigenvalue weighted by Crippen LogP contribution is -2.43. The second kappa shape index (κ2) is 12.4. The number of aromatic nitrogens is 2. The number of carbonyl (C=O) groups excluding carboxylic acids is 2. The number of hydrogen-bond donors (Lipinski definition) is 0. The van der Waals surface area contributed by atoms with Gasteiger partial charge in [0.15, 0.2) is 0 Å². The third-order valence-electron chi connectivity index (χ3n) is 6.62. The highest BCUT2D eigenvalue weighted by Gasteiger charge is 2.35. The summed E-state index contributed by atoms with van der Waals surface area (Å²) in [6.45, 7) is 8.01. The summed E-state index contributed by atoms with van der Waals surface area (Å²) in [6, 6.07) is 19.4. The lowest BCUT2D eigenvalue weighted by Gasteiger charge is -2.27. The van der Waals surface area contributed by atoms with Crippen molar-refractivity contribution in [3.63, 3.8) is 0 Å². The number of ether oxygens (including phenoxy) is 1. The third-order valence-corrected chi connectivity index (χ3v) is 6.62. The normalized spacial score (nSPS) is 14.9. The SMILES string of the molecule is CCCCCCN1C(=O)C(C#N)=C(C)/C(=C\c2cn(-c3ccccc3)nc2-c2ccc(OC(C)C)cc2)C1=O. The molecule has 7 heteroatoms. The number of benzene rings is 2. The highest BCUT2D eigenvalue weighted by molar-refractivity contribution is 6.19. The van der Waals surface area contributed by atoms with Gasteiger partial charge in [-0.1, -0.05) is 44.4 Å². The van der Waals surface area contributed by atoms with Crippen LogP contribution in [0.15, 0.2) is 77.5 Å². The summed E-state index contributed by atoms with van der Waals surface area (Å²) < 4.78 is 7.57. The molecule has 0 spiro atoms. The summed E-state index contributed by atoms with van der Waals surface area (Å²) in [5, 5.41) is 14.6. The van der Waals surface area contributed by atoms with E-state index in [4.69, 9.17) is 9.84 Å². The number of nitriles is 1. The van der Waals surface area contributed by atoms with E-state index in [9.17, 15) is 14.9 Å². The third kappa shape index (κ3) is 6.18. The van der Waals surface area contributed by atoms with Crippen LogP contribution in [0.4, 0.5) is 0 Å². The Bertz CT molecular complexity index is 1440. The maximum Gasteiger partial charge on any atom is 0.271 e. The van der Waals surface area contributed by atoms with Crippen LogP contribution in [-0.2, 0) is 9.59 Å². The van der Waals surface area contributed by atoms with Crippen LogP contribution in [-0.4, -0.2) is 39.1 Å². The Morgan fingerprint density at radius 1 is 1.00 bits per heavy atom. The molecule has 2 amide bonds. The molecule has 2 aromatic carbocycles. The maximum atomic E-state index is 13.6. The fraction of sp³-hybridized carbons (Fsp3) is 0.312. The first-order valence-corrected chi connectivity index (χ1v) is 13.5. The average Bonchev–Trinajstić information content (AvgIpc) is 3.35. The first kappa shape index (κ1) is 27.6. The largest absolute Gasteiger partial charge is 0.491 e. The summed E-state index contributed by atoms with van der Waals surface area (Å²) in [6.07, 6.45) is 7.38. The van der Waals surface area contributed by atoms with Crippen molar-refractivity contribution < 1.29 is 14.3 Å². The van der Waals surface area contributed by atoms with Crippen molar-refractivity contribution in [3.05, 3.63) is 83.1 Å². The molecule has 7 nitrogen and oxygen atoms in total. The first-order chi connectivity index (χ1) is 18.8. The van der Waals surface area contributed by atoms with E-state index in [1.54, 1.807) is 17.7 Å². The molecule has 0 saturated carbocycles. The molecule has 0 saturated heterocycles. The zero-order chi connectivity index (χ0) is 27.9. The zero-order valence-corrected chi connectivity index (χ0v) is 23.0. The molecule has 1 aliphatic rings. The second-order valence-electron chi connectivity index (χ2n) is 9.90. The van der Waals surface area contributed by atoms with E-state index in [1.807, 2.05) is 80.7 Å². The van der Waals surface area contributed by atoms with Crippen molar-refractivity contribution in [1.29, 1.82) is 5.26 Å². The molecule has 0 atom stereocenters. The molecule has 0 N–H and O–H groups in total. The van der Waals surface area contributed by atoms with Gasteiger partial charge in [-0.2, -0.15) is 10.4 Å². The Hall–Kier alpha value is -4.44. The number of hydrogen-bond acceptors (Lipinski definition) is 5. The van der Waals surface area contributed by atoms with Crippen LogP contribution in [0.5, 0.6) is 5.75 Å². The van der Waals surface area contributed by atoms with Crippen molar-refractivity contribution in [3.8, 4) is 28.8 Å². The van der Waals surface area contributed by atoms with Gasteiger partial charge in [0.25, 0.3) is 11.8 Å². The predicted molar refractivity (Wildman–Crippen MR) is 152 cm³/mol. The fourth-order valence-corrected chi connectivity index (χ4v) is 4.58. The van der Waals surface area contributed by atoms with Crippen LogP contribution in [0, 0.1) is 11.3 Å². The van der Waals surface area contributed by atoms with Gasteiger partial charge in [-0.05, 0) is 75.2 Å². The molecule has 200 valence electrons. The fourth-order valence-electron chi connectivity index (χ4n) is 4.58. The Labute approximate surface area is 230 Å². The standard InChI is InChI=1S/C32H34N4O3/c1-5-6-7-11-18-35-31(37)28(23(4)29(20-33)32(35)38)19-25-21-36(26-12-9-8-10-13-26)34-30(25)24-14-16-27(17-15-24)39-22(2)3/h8-10,12-17,19,21-22H,5-7,11,18H2,1-4H3/b28-19+. The Kier molecular flexibility index (Phi) is 8.77. The molecule has 1 aliphatic heterocycles. The van der Waals surface area contributed by atoms with Gasteiger partial charge in [-0.15, -0.1) is 0 Å². The van der Waals surface area contributed by atoms with E-state index in [0.717, 1.165) is 36.3 Å². The van der Waals surface area contributed by atoms with Crippen LogP contribution in [0.1, 0.15) is 58.9 Å². The maximum absolute atomic E-state index is 13.6. The quantitative estimate of drug-likeness (QED) is 0.172. The van der Waals surface area contributed by atoms with Crippen LogP contribution >= 0.6 is 0 Å². The van der Waals surface area contributed by atoms with Gasteiger partial charge in [-0.3, -0.25) is 14.5 Å². The second-order valence-corrected chi connectivity index (χ2v) is 9.90. The highest BCUT2D eigenvalue weighted by atomic mass is 16.5. The number of rotatable bonds is 10. The van der Waals surface area contributed by atoms with Crippen LogP contribution in [0.2, 0.25) is 0 Å². The summed E-state index contributed by atoms with van der Waals surface area (Å²) in [7, 11) is 0. The van der Waals surface area contributed by atoms with Gasteiger partial charge in [-0.25, -0.2) is 4.68 Å². The Balaban J connectivity index is 1.80. The van der Waals surface area contributed by atoms with Gasteiger partial charge in [0.2, 0.25) is 0 Å². The Morgan fingerprint density at radius 3 is 2.36 bits per heavy atom. The monoisotopic (exact) mass is 522 g/mol. The van der Waals surface area contributed by atoms with Crippen molar-refractivity contribution in [1.82, 2.24) is 14.7 Å². The molecule has 0 unspecified atom stereocenters. The van der Waals surface area contributed by atoms with E-state index in [-0.39, 0.29) is 17.6 Å². The number of unbranched alkanes of at least 4 members (excludes halogenated alkanes) is 3. The molecular formula is C32H34N4O3. The lowest BCUT2D eigenvalue weighted by molar-refractivity contribution is -0.140. The van der Waals surface area contributed by atoms with E-state index >= 15 is 0 Å². The van der Waals surface area contributed by atoms with Crippen molar-refractivity contribution in [2.45, 2.75) is 59.5 Å². The predicted octanol–water partition coefficient (Wildman–Crippen LogP) is 6.50. The zero-order valence-electron chi connectivity index (χ0n) is 23.0. The van der Waals surface area contributed by atoms with Gasteiger partial charge < -0.3 is 4.74 Å². The average molecular weight is 523 g/mol. The van der Waals surface area contributed by atoms with Crippen molar-refractivity contribution >= 4 is 17.9 Å². The number of para-hydroxylation sites is 1. The molecule has 0 bridgehead atoms. The molecule has 39 heavy (non-hydrogen) atoms. The summed E-state index contributed by atoms with van der Waals surface area (Å²) >= 11 is 0. The van der Waals surface area contributed by atoms with Crippen molar-refractivity contribution in [2.75, 3.05) is 6.54 Å². The van der Waals surface area contributed by atoms with Gasteiger partial charge in [0.1, 0.15) is 17.4 Å². The summed E-state index contributed by atoms with van der Waals surface area (Å²) in [4.78, 5) is 27.8. The summed E-state index contributed by atoms with van der Waals surface area (Å²) in [5.41, 5.74) is 3.82. The minimum Gasteiger partial charge on any atom is -0.491 e. The first-order valence-electron chi connectivity index (χ1n) is 13.5. The van der Waals surface area contributed by atoms with E-state index in [1.165, 1.54) is 4.90 Å². The van der Waals surface area contributed by atoms with E-state index in [0.29, 0.717) is 35.4 Å². The van der Waals surface area contributed by atoms with Crippen LogP contribution in [0.3, 0.4) is 0 Å². The number of nitrogens with zero attached hydrogens (tertiary/aromatic N) is 4. The van der Waals surface area contributed by atoms with Gasteiger partial charge in [0.05, 0.1) is 17.5 Å². The van der Waals surface area contributed by atoms with Gasteiger partial charge in [0, 0.05) is 29.4 Å². The topological polar surface area (TPSA) is 88.2 Å². The number of amides is 2. The molecule has 3 aromatic rings. The van der Waals surface area contributed by atoms with E-state index < -0.39 is 5.91 Å². The minimum absolute atomic E-state index is 0.00327. The number of imide groups is 1. The van der Waals surface area contributed by atoms with Crippen LogP contribution < -0.4 is 4.74 Å². The van der Waals surface area contributed by atoms with Crippen molar-refractivity contribution in [2.24, 2.45) is 0 Å². The molecular weight excluding hydrogens is 488 g/mol. The summed E-state index contributed by atoms with van der Waals surface area (Å²) in [5.74, 6) is -0.144.